The van der Waals surface area contributed by atoms with Crippen LogP contribution in [0.25, 0.3) is 11.5 Å². The summed E-state index contributed by atoms with van der Waals surface area (Å²) in [6.45, 7) is 1.00. The Morgan fingerprint density at radius 2 is 2.28 bits per heavy atom. The lowest BCUT2D eigenvalue weighted by molar-refractivity contribution is 0.297. The van der Waals surface area contributed by atoms with Crippen molar-refractivity contribution in [3.05, 3.63) is 29.2 Å². The van der Waals surface area contributed by atoms with Crippen molar-refractivity contribution in [3.63, 3.8) is 0 Å². The van der Waals surface area contributed by atoms with Crippen molar-refractivity contribution >= 4 is 11.6 Å². The summed E-state index contributed by atoms with van der Waals surface area (Å²) in [4.78, 5) is 8.56. The molecule has 94 valence electrons. The highest BCUT2D eigenvalue weighted by Gasteiger charge is 2.21. The molecule has 0 unspecified atom stereocenters. The fourth-order valence-corrected chi connectivity index (χ4v) is 2.16. The Labute approximate surface area is 110 Å². The Kier molecular flexibility index (Phi) is 3.25. The van der Waals surface area contributed by atoms with Gasteiger partial charge in [0.25, 0.3) is 0 Å². The van der Waals surface area contributed by atoms with Crippen LogP contribution in [0.15, 0.2) is 22.9 Å². The molecule has 0 aromatic carbocycles. The van der Waals surface area contributed by atoms with E-state index >= 15 is 0 Å². The number of nitrogens with one attached hydrogen (secondary N) is 1. The molecule has 2 aromatic rings. The average Bonchev–Trinajstić information content (AvgIpc) is 2.90. The third-order valence-electron chi connectivity index (χ3n) is 3.01. The number of halogens is 1. The number of aromatic nitrogens is 3. The number of rotatable bonds is 2. The molecule has 0 spiro atoms. The maximum absolute atomic E-state index is 5.79. The van der Waals surface area contributed by atoms with Crippen molar-refractivity contribution in [3.8, 4) is 11.5 Å². The van der Waals surface area contributed by atoms with Crippen LogP contribution >= 0.6 is 11.6 Å². The minimum atomic E-state index is 0.173. The van der Waals surface area contributed by atoms with Gasteiger partial charge in [-0.05, 0) is 31.5 Å². The molecule has 1 saturated heterocycles. The highest BCUT2D eigenvalue weighted by atomic mass is 35.5. The fourth-order valence-electron chi connectivity index (χ4n) is 2.05. The molecule has 5 nitrogen and oxygen atoms in total. The second-order valence-corrected chi connectivity index (χ2v) is 4.76. The van der Waals surface area contributed by atoms with Crippen molar-refractivity contribution in [2.75, 3.05) is 6.54 Å². The third kappa shape index (κ3) is 2.37. The van der Waals surface area contributed by atoms with Crippen molar-refractivity contribution in [2.45, 2.75) is 25.3 Å². The first-order chi connectivity index (χ1) is 8.83. The largest absolute Gasteiger partial charge is 0.337 e. The minimum Gasteiger partial charge on any atom is -0.337 e. The summed E-state index contributed by atoms with van der Waals surface area (Å²) < 4.78 is 5.29. The molecule has 6 heteroatoms. The van der Waals surface area contributed by atoms with Crippen LogP contribution in [0.4, 0.5) is 0 Å². The molecule has 0 bridgehead atoms. The van der Waals surface area contributed by atoms with Crippen molar-refractivity contribution in [1.82, 2.24) is 20.4 Å². The number of hydrogen-bond donors (Lipinski definition) is 1. The van der Waals surface area contributed by atoms with Gasteiger partial charge in [-0.25, -0.2) is 0 Å². The zero-order valence-corrected chi connectivity index (χ0v) is 10.5. The van der Waals surface area contributed by atoms with Gasteiger partial charge in [0.1, 0.15) is 5.69 Å². The molecule has 0 amide bonds. The molecule has 3 heterocycles. The van der Waals surface area contributed by atoms with Crippen LogP contribution in [0.3, 0.4) is 0 Å². The Morgan fingerprint density at radius 1 is 1.33 bits per heavy atom. The highest BCUT2D eigenvalue weighted by molar-refractivity contribution is 6.30. The summed E-state index contributed by atoms with van der Waals surface area (Å²) in [7, 11) is 0. The molecule has 3 rings (SSSR count). The fraction of sp³-hybridized carbons (Fsp3) is 0.417. The smallest absolute Gasteiger partial charge is 0.244 e. The zero-order chi connectivity index (χ0) is 12.4. The number of nitrogens with zero attached hydrogens (tertiary/aromatic N) is 3. The standard InChI is InChI=1S/C12H13ClN4O/c13-8-4-5-9(15-7-8)11-16-12(18-17-11)10-3-1-2-6-14-10/h4-5,7,10,14H,1-3,6H2/t10-/m1/s1. The molecule has 0 radical (unpaired) electrons. The van der Waals surface area contributed by atoms with Gasteiger partial charge in [-0.1, -0.05) is 23.2 Å². The van der Waals surface area contributed by atoms with Crippen LogP contribution < -0.4 is 5.32 Å². The molecule has 1 fully saturated rings. The van der Waals surface area contributed by atoms with Crippen molar-refractivity contribution in [2.24, 2.45) is 0 Å². The van der Waals surface area contributed by atoms with Gasteiger partial charge < -0.3 is 9.84 Å². The predicted octanol–water partition coefficient (Wildman–Crippen LogP) is 2.60. The van der Waals surface area contributed by atoms with E-state index in [9.17, 15) is 0 Å². The molecular weight excluding hydrogens is 252 g/mol. The van der Waals surface area contributed by atoms with Crippen molar-refractivity contribution in [1.29, 1.82) is 0 Å². The second kappa shape index (κ2) is 5.04. The van der Waals surface area contributed by atoms with Gasteiger partial charge in [-0.2, -0.15) is 4.98 Å². The van der Waals surface area contributed by atoms with E-state index < -0.39 is 0 Å². The number of hydrogen-bond acceptors (Lipinski definition) is 5. The summed E-state index contributed by atoms with van der Waals surface area (Å²) >= 11 is 5.79. The van der Waals surface area contributed by atoms with Gasteiger partial charge in [-0.15, -0.1) is 0 Å². The summed E-state index contributed by atoms with van der Waals surface area (Å²) in [6, 6.07) is 3.72. The van der Waals surface area contributed by atoms with E-state index in [1.165, 1.54) is 12.8 Å². The summed E-state index contributed by atoms with van der Waals surface area (Å²) in [5, 5.41) is 7.93. The first kappa shape index (κ1) is 11.6. The summed E-state index contributed by atoms with van der Waals surface area (Å²) in [5.74, 6) is 1.15. The lowest BCUT2D eigenvalue weighted by Gasteiger charge is -2.19. The Bertz CT molecular complexity index is 519. The average molecular weight is 265 g/mol. The molecule has 1 aliphatic heterocycles. The first-order valence-corrected chi connectivity index (χ1v) is 6.39. The van der Waals surface area contributed by atoms with E-state index in [4.69, 9.17) is 16.1 Å². The second-order valence-electron chi connectivity index (χ2n) is 4.32. The third-order valence-corrected chi connectivity index (χ3v) is 3.23. The maximum atomic E-state index is 5.79. The van der Waals surface area contributed by atoms with Gasteiger partial charge in [-0.3, -0.25) is 4.98 Å². The summed E-state index contributed by atoms with van der Waals surface area (Å²) in [5.41, 5.74) is 0.671. The predicted molar refractivity (Wildman–Crippen MR) is 67.1 cm³/mol. The number of piperidine rings is 1. The van der Waals surface area contributed by atoms with Crippen LogP contribution in [-0.4, -0.2) is 21.7 Å². The maximum Gasteiger partial charge on any atom is 0.244 e. The molecule has 1 atom stereocenters. The van der Waals surface area contributed by atoms with Crippen LogP contribution in [0.1, 0.15) is 31.2 Å². The van der Waals surface area contributed by atoms with E-state index in [0.717, 1.165) is 13.0 Å². The van der Waals surface area contributed by atoms with Gasteiger partial charge in [0.15, 0.2) is 0 Å². The Morgan fingerprint density at radius 3 is 3.00 bits per heavy atom. The van der Waals surface area contributed by atoms with E-state index in [1.54, 1.807) is 18.3 Å². The van der Waals surface area contributed by atoms with Crippen LogP contribution in [0, 0.1) is 0 Å². The van der Waals surface area contributed by atoms with Gasteiger partial charge in [0.05, 0.1) is 11.1 Å². The first-order valence-electron chi connectivity index (χ1n) is 6.02. The SMILES string of the molecule is Clc1ccc(-c2noc([C@H]3CCCCN3)n2)nc1. The number of pyridine rings is 1. The van der Waals surface area contributed by atoms with E-state index in [-0.39, 0.29) is 6.04 Å². The molecule has 0 saturated carbocycles. The van der Waals surface area contributed by atoms with Gasteiger partial charge >= 0.3 is 0 Å². The minimum absolute atomic E-state index is 0.173. The normalized spacial score (nSPS) is 19.9. The van der Waals surface area contributed by atoms with Crippen LogP contribution in [0.2, 0.25) is 5.02 Å². The molecule has 1 N–H and O–H groups in total. The van der Waals surface area contributed by atoms with Gasteiger partial charge in [0.2, 0.25) is 11.7 Å². The van der Waals surface area contributed by atoms with Crippen molar-refractivity contribution < 1.29 is 4.52 Å². The van der Waals surface area contributed by atoms with Crippen LogP contribution in [0.5, 0.6) is 0 Å². The summed E-state index contributed by atoms with van der Waals surface area (Å²) in [6.07, 6.45) is 5.01. The molecule has 0 aliphatic carbocycles. The quantitative estimate of drug-likeness (QED) is 0.903. The topological polar surface area (TPSA) is 63.8 Å². The van der Waals surface area contributed by atoms with E-state index in [1.807, 2.05) is 0 Å². The Balaban J connectivity index is 1.82. The Hall–Kier alpha value is -1.46. The van der Waals surface area contributed by atoms with Crippen LogP contribution in [-0.2, 0) is 0 Å². The lowest BCUT2D eigenvalue weighted by Crippen LogP contribution is -2.26. The highest BCUT2D eigenvalue weighted by Crippen LogP contribution is 2.23. The van der Waals surface area contributed by atoms with Gasteiger partial charge in [0, 0.05) is 6.20 Å². The lowest BCUT2D eigenvalue weighted by atomic mass is 10.1. The zero-order valence-electron chi connectivity index (χ0n) is 9.77. The molecule has 1 aliphatic rings. The molecule has 18 heavy (non-hydrogen) atoms. The van der Waals surface area contributed by atoms with E-state index in [0.29, 0.717) is 22.4 Å². The van der Waals surface area contributed by atoms with E-state index in [2.05, 4.69) is 20.4 Å². The monoisotopic (exact) mass is 264 g/mol. The molecule has 2 aromatic heterocycles. The molecular formula is C12H13ClN4O.